The van der Waals surface area contributed by atoms with E-state index in [1.54, 1.807) is 20.8 Å². The number of nitrogens with zero attached hydrogens (tertiary/aromatic N) is 2. The minimum Gasteiger partial charge on any atom is -0.444 e. The molecule has 2 aliphatic rings. The second-order valence-electron chi connectivity index (χ2n) is 9.38. The molecular formula is C21H28F2N4O5. The number of hydrogen-bond donors (Lipinski definition) is 2. The molecule has 1 aromatic rings. The number of alkyl halides is 1. The van der Waals surface area contributed by atoms with Crippen LogP contribution in [0.25, 0.3) is 0 Å². The topological polar surface area (TPSA) is 114 Å². The smallest absolute Gasteiger partial charge is 0.410 e. The molecule has 0 aromatic heterocycles. The fourth-order valence-electron chi connectivity index (χ4n) is 3.52. The second-order valence-corrected chi connectivity index (χ2v) is 9.38. The molecule has 0 unspecified atom stereocenters. The van der Waals surface area contributed by atoms with Gasteiger partial charge in [-0.2, -0.15) is 0 Å². The summed E-state index contributed by atoms with van der Waals surface area (Å²) in [7, 11) is 0. The van der Waals surface area contributed by atoms with E-state index in [1.165, 1.54) is 4.90 Å². The summed E-state index contributed by atoms with van der Waals surface area (Å²) in [5.41, 5.74) is -1.74. The number of nitro benzene ring substituents is 1. The summed E-state index contributed by atoms with van der Waals surface area (Å²) in [4.78, 5) is 37.0. The molecule has 1 saturated carbocycles. The van der Waals surface area contributed by atoms with Crippen LogP contribution in [0.4, 0.5) is 25.0 Å². The van der Waals surface area contributed by atoms with Crippen molar-refractivity contribution in [1.82, 2.24) is 10.2 Å². The Bertz CT molecular complexity index is 920. The minimum atomic E-state index is -1.46. The summed E-state index contributed by atoms with van der Waals surface area (Å²) < 4.78 is 34.4. The molecule has 0 bridgehead atoms. The molecule has 11 heteroatoms. The highest BCUT2D eigenvalue weighted by Gasteiger charge is 2.37. The van der Waals surface area contributed by atoms with Crippen LogP contribution in [-0.2, 0) is 4.74 Å². The number of carbonyl (C=O) groups excluding carboxylic acids is 2. The van der Waals surface area contributed by atoms with Gasteiger partial charge in [-0.05, 0) is 39.5 Å². The molecule has 2 fully saturated rings. The predicted octanol–water partition coefficient (Wildman–Crippen LogP) is 3.63. The van der Waals surface area contributed by atoms with Gasteiger partial charge in [-0.15, -0.1) is 0 Å². The number of piperidine rings is 1. The normalized spacial score (nSPS) is 25.1. The van der Waals surface area contributed by atoms with E-state index in [2.05, 4.69) is 10.6 Å². The number of halogens is 2. The number of carbonyl (C=O) groups is 2. The average molecular weight is 454 g/mol. The van der Waals surface area contributed by atoms with E-state index in [9.17, 15) is 28.5 Å². The molecule has 32 heavy (non-hydrogen) atoms. The van der Waals surface area contributed by atoms with E-state index in [4.69, 9.17) is 4.74 Å². The van der Waals surface area contributed by atoms with Crippen LogP contribution in [0.3, 0.4) is 0 Å². The van der Waals surface area contributed by atoms with Crippen LogP contribution in [0.5, 0.6) is 0 Å². The van der Waals surface area contributed by atoms with Crippen molar-refractivity contribution in [3.63, 3.8) is 0 Å². The lowest BCUT2D eigenvalue weighted by molar-refractivity contribution is -0.384. The third-order valence-corrected chi connectivity index (χ3v) is 5.47. The SMILES string of the molecule is C[C@@H]1C[C@H]1Nc1cc(F)c(C(=O)N[C@H]2CN(C(=O)OC(C)(C)C)CC[C@@H]2F)cc1[N+](=O)[O-]. The zero-order valence-corrected chi connectivity index (χ0v) is 18.5. The summed E-state index contributed by atoms with van der Waals surface area (Å²) in [5.74, 6) is -1.63. The van der Waals surface area contributed by atoms with Crippen LogP contribution in [0.15, 0.2) is 12.1 Å². The Morgan fingerprint density at radius 3 is 2.50 bits per heavy atom. The van der Waals surface area contributed by atoms with Crippen molar-refractivity contribution in [3.8, 4) is 0 Å². The highest BCUT2D eigenvalue weighted by atomic mass is 19.1. The maximum absolute atomic E-state index is 14.7. The zero-order chi connectivity index (χ0) is 23.8. The highest BCUT2D eigenvalue weighted by molar-refractivity contribution is 5.96. The van der Waals surface area contributed by atoms with Crippen LogP contribution < -0.4 is 10.6 Å². The first-order valence-corrected chi connectivity index (χ1v) is 10.5. The van der Waals surface area contributed by atoms with E-state index < -0.39 is 51.8 Å². The van der Waals surface area contributed by atoms with Crippen molar-refractivity contribution in [2.45, 2.75) is 64.4 Å². The first-order chi connectivity index (χ1) is 14.9. The molecule has 0 spiro atoms. The van der Waals surface area contributed by atoms with Gasteiger partial charge in [-0.3, -0.25) is 14.9 Å². The van der Waals surface area contributed by atoms with Crippen LogP contribution >= 0.6 is 0 Å². The van der Waals surface area contributed by atoms with Crippen molar-refractivity contribution in [2.24, 2.45) is 5.92 Å². The van der Waals surface area contributed by atoms with Gasteiger partial charge in [0.1, 0.15) is 23.3 Å². The molecular weight excluding hydrogens is 426 g/mol. The molecule has 0 radical (unpaired) electrons. The third kappa shape index (κ3) is 5.63. The summed E-state index contributed by atoms with van der Waals surface area (Å²) in [6, 6.07) is 0.675. The van der Waals surface area contributed by atoms with Crippen LogP contribution in [0.1, 0.15) is 50.9 Å². The number of nitro groups is 1. The maximum Gasteiger partial charge on any atom is 0.410 e. The van der Waals surface area contributed by atoms with E-state index in [-0.39, 0.29) is 31.2 Å². The molecule has 1 heterocycles. The molecule has 4 atom stereocenters. The summed E-state index contributed by atoms with van der Waals surface area (Å²) in [6.07, 6.45) is -1.33. The zero-order valence-electron chi connectivity index (χ0n) is 18.5. The first-order valence-electron chi connectivity index (χ1n) is 10.5. The van der Waals surface area contributed by atoms with Gasteiger partial charge < -0.3 is 20.3 Å². The van der Waals surface area contributed by atoms with E-state index in [0.29, 0.717) is 5.92 Å². The van der Waals surface area contributed by atoms with Gasteiger partial charge in [0, 0.05) is 31.3 Å². The van der Waals surface area contributed by atoms with Crippen molar-refractivity contribution >= 4 is 23.4 Å². The van der Waals surface area contributed by atoms with Gasteiger partial charge in [-0.25, -0.2) is 13.6 Å². The summed E-state index contributed by atoms with van der Waals surface area (Å²) in [5, 5.41) is 16.7. The summed E-state index contributed by atoms with van der Waals surface area (Å²) >= 11 is 0. The van der Waals surface area contributed by atoms with Crippen LogP contribution in [-0.4, -0.2) is 58.8 Å². The third-order valence-electron chi connectivity index (χ3n) is 5.47. The lowest BCUT2D eigenvalue weighted by Crippen LogP contribution is -2.55. The number of anilines is 1. The molecule has 9 nitrogen and oxygen atoms in total. The fraction of sp³-hybridized carbons (Fsp3) is 0.619. The number of amides is 2. The number of likely N-dealkylation sites (tertiary alicyclic amines) is 1. The quantitative estimate of drug-likeness (QED) is 0.519. The first kappa shape index (κ1) is 23.7. The van der Waals surface area contributed by atoms with Crippen molar-refractivity contribution in [1.29, 1.82) is 0 Å². The maximum atomic E-state index is 14.7. The van der Waals surface area contributed by atoms with E-state index in [0.717, 1.165) is 18.6 Å². The van der Waals surface area contributed by atoms with Gasteiger partial charge in [0.05, 0.1) is 16.5 Å². The number of nitrogens with one attached hydrogen (secondary N) is 2. The molecule has 2 N–H and O–H groups in total. The second kappa shape index (κ2) is 8.87. The fourth-order valence-corrected chi connectivity index (χ4v) is 3.52. The Hall–Kier alpha value is -2.98. The lowest BCUT2D eigenvalue weighted by Gasteiger charge is -2.36. The Labute approximate surface area is 184 Å². The van der Waals surface area contributed by atoms with Gasteiger partial charge in [0.15, 0.2) is 0 Å². The Kier molecular flexibility index (Phi) is 6.56. The minimum absolute atomic E-state index is 0.00413. The van der Waals surface area contributed by atoms with E-state index >= 15 is 0 Å². The summed E-state index contributed by atoms with van der Waals surface area (Å²) in [6.45, 7) is 7.01. The molecule has 2 amide bonds. The largest absolute Gasteiger partial charge is 0.444 e. The Balaban J connectivity index is 1.74. The molecule has 1 aromatic carbocycles. The lowest BCUT2D eigenvalue weighted by atomic mass is 10.0. The van der Waals surface area contributed by atoms with Crippen molar-refractivity contribution in [3.05, 3.63) is 33.6 Å². The standard InChI is InChI=1S/C21H28F2N4O5/c1-11-7-15(11)24-16-9-14(23)12(8-18(16)27(30)31)19(28)25-17-10-26(6-5-13(17)22)20(29)32-21(2,3)4/h8-9,11,13,15,17,24H,5-7,10H2,1-4H3,(H,25,28)/t11-,13+,15-,17+/m1/s1. The van der Waals surface area contributed by atoms with Gasteiger partial charge in [0.2, 0.25) is 0 Å². The number of hydrogen-bond acceptors (Lipinski definition) is 6. The van der Waals surface area contributed by atoms with Crippen molar-refractivity contribution < 1.29 is 28.0 Å². The molecule has 1 aliphatic carbocycles. The molecule has 1 aliphatic heterocycles. The van der Waals surface area contributed by atoms with Gasteiger partial charge in [-0.1, -0.05) is 6.92 Å². The van der Waals surface area contributed by atoms with Crippen LogP contribution in [0.2, 0.25) is 0 Å². The van der Waals surface area contributed by atoms with Gasteiger partial charge in [0.25, 0.3) is 11.6 Å². The average Bonchev–Trinajstić information content (AvgIpc) is 3.36. The van der Waals surface area contributed by atoms with Gasteiger partial charge >= 0.3 is 6.09 Å². The monoisotopic (exact) mass is 454 g/mol. The molecule has 1 saturated heterocycles. The number of ether oxygens (including phenoxy) is 1. The number of benzene rings is 1. The predicted molar refractivity (Wildman–Crippen MR) is 113 cm³/mol. The van der Waals surface area contributed by atoms with Crippen LogP contribution in [0, 0.1) is 21.8 Å². The molecule has 176 valence electrons. The Morgan fingerprint density at radius 2 is 1.94 bits per heavy atom. The van der Waals surface area contributed by atoms with E-state index in [1.807, 2.05) is 6.92 Å². The molecule has 3 rings (SSSR count). The Morgan fingerprint density at radius 1 is 1.28 bits per heavy atom. The van der Waals surface area contributed by atoms with Crippen molar-refractivity contribution in [2.75, 3.05) is 18.4 Å². The number of rotatable bonds is 5. The highest BCUT2D eigenvalue weighted by Crippen LogP contribution is 2.36.